The fourth-order valence-corrected chi connectivity index (χ4v) is 5.02. The Labute approximate surface area is 175 Å². The van der Waals surface area contributed by atoms with Crippen molar-refractivity contribution in [3.8, 4) is 0 Å². The highest BCUT2D eigenvalue weighted by atomic mass is 16.5. The standard InChI is InChI=1S/C22H25N7O/c1-3-18-19(23-4-1)11-20(27-7-9-30-10-8-27)26-21(18)28-12-16-14-29(15-17(16)13-28)22-24-5-2-6-25-22/h1-6,11,16-17H,7-10,12-15H2. The van der Waals surface area contributed by atoms with Gasteiger partial charge in [-0.1, -0.05) is 0 Å². The first-order valence-electron chi connectivity index (χ1n) is 10.7. The van der Waals surface area contributed by atoms with E-state index in [-0.39, 0.29) is 0 Å². The van der Waals surface area contributed by atoms with Gasteiger partial charge in [0.2, 0.25) is 5.95 Å². The van der Waals surface area contributed by atoms with Crippen LogP contribution in [0.4, 0.5) is 17.6 Å². The molecule has 6 rings (SSSR count). The zero-order valence-electron chi connectivity index (χ0n) is 16.9. The third-order valence-electron chi connectivity index (χ3n) is 6.52. The summed E-state index contributed by atoms with van der Waals surface area (Å²) in [5, 5.41) is 1.14. The van der Waals surface area contributed by atoms with Crippen LogP contribution >= 0.6 is 0 Å². The fraction of sp³-hybridized carbons (Fsp3) is 0.455. The summed E-state index contributed by atoms with van der Waals surface area (Å²) in [6, 6.07) is 8.14. The van der Waals surface area contributed by atoms with E-state index in [2.05, 4.69) is 41.8 Å². The second kappa shape index (κ2) is 7.36. The maximum absolute atomic E-state index is 5.53. The Morgan fingerprint density at radius 1 is 0.800 bits per heavy atom. The molecule has 0 aliphatic carbocycles. The first-order chi connectivity index (χ1) is 14.8. The fourth-order valence-electron chi connectivity index (χ4n) is 5.02. The number of pyridine rings is 2. The van der Waals surface area contributed by atoms with Crippen molar-refractivity contribution in [3.05, 3.63) is 42.9 Å². The monoisotopic (exact) mass is 403 g/mol. The minimum atomic E-state index is 0.606. The van der Waals surface area contributed by atoms with Gasteiger partial charge in [0, 0.05) is 81.1 Å². The number of morpholine rings is 1. The zero-order valence-corrected chi connectivity index (χ0v) is 16.9. The van der Waals surface area contributed by atoms with Crippen LogP contribution in [-0.2, 0) is 4.74 Å². The van der Waals surface area contributed by atoms with Gasteiger partial charge in [-0.15, -0.1) is 0 Å². The summed E-state index contributed by atoms with van der Waals surface area (Å²) in [6.07, 6.45) is 5.51. The average Bonchev–Trinajstić information content (AvgIpc) is 3.39. The van der Waals surface area contributed by atoms with E-state index in [1.807, 2.05) is 30.7 Å². The Kier molecular flexibility index (Phi) is 4.37. The van der Waals surface area contributed by atoms with Crippen LogP contribution in [0, 0.1) is 11.8 Å². The van der Waals surface area contributed by atoms with Crippen molar-refractivity contribution in [1.82, 2.24) is 19.9 Å². The lowest BCUT2D eigenvalue weighted by atomic mass is 10.0. The van der Waals surface area contributed by atoms with Gasteiger partial charge < -0.3 is 19.4 Å². The van der Waals surface area contributed by atoms with Crippen LogP contribution in [0.1, 0.15) is 0 Å². The zero-order chi connectivity index (χ0) is 19.9. The molecule has 3 saturated heterocycles. The van der Waals surface area contributed by atoms with Crippen LogP contribution < -0.4 is 14.7 Å². The number of hydrogen-bond acceptors (Lipinski definition) is 8. The summed E-state index contributed by atoms with van der Waals surface area (Å²) in [6.45, 7) is 7.29. The van der Waals surface area contributed by atoms with Gasteiger partial charge in [0.25, 0.3) is 0 Å². The summed E-state index contributed by atoms with van der Waals surface area (Å²) in [7, 11) is 0. The van der Waals surface area contributed by atoms with Gasteiger partial charge in [0.05, 0.1) is 18.7 Å². The van der Waals surface area contributed by atoms with Crippen LogP contribution in [0.3, 0.4) is 0 Å². The molecule has 0 radical (unpaired) electrons. The number of ether oxygens (including phenoxy) is 1. The van der Waals surface area contributed by atoms with Gasteiger partial charge in [0.1, 0.15) is 11.6 Å². The number of nitrogens with zero attached hydrogens (tertiary/aromatic N) is 7. The van der Waals surface area contributed by atoms with E-state index in [9.17, 15) is 0 Å². The van der Waals surface area contributed by atoms with E-state index in [0.717, 1.165) is 81.0 Å². The minimum absolute atomic E-state index is 0.606. The second-order valence-electron chi connectivity index (χ2n) is 8.35. The largest absolute Gasteiger partial charge is 0.378 e. The lowest BCUT2D eigenvalue weighted by Gasteiger charge is -2.30. The van der Waals surface area contributed by atoms with Crippen LogP contribution in [0.25, 0.3) is 10.9 Å². The highest BCUT2D eigenvalue weighted by Crippen LogP contribution is 2.37. The van der Waals surface area contributed by atoms with E-state index in [0.29, 0.717) is 11.8 Å². The van der Waals surface area contributed by atoms with Gasteiger partial charge in [-0.2, -0.15) is 0 Å². The number of anilines is 3. The third-order valence-corrected chi connectivity index (χ3v) is 6.52. The first-order valence-corrected chi connectivity index (χ1v) is 10.7. The van der Waals surface area contributed by atoms with E-state index in [1.54, 1.807) is 0 Å². The number of rotatable bonds is 3. The molecule has 2 unspecified atom stereocenters. The Hall–Kier alpha value is -3.00. The average molecular weight is 403 g/mol. The molecular weight excluding hydrogens is 378 g/mol. The quantitative estimate of drug-likeness (QED) is 0.656. The van der Waals surface area contributed by atoms with Crippen molar-refractivity contribution in [2.75, 3.05) is 67.2 Å². The highest BCUT2D eigenvalue weighted by molar-refractivity contribution is 5.91. The molecule has 6 heterocycles. The normalized spacial score (nSPS) is 23.9. The Bertz CT molecular complexity index is 1030. The van der Waals surface area contributed by atoms with E-state index < -0.39 is 0 Å². The van der Waals surface area contributed by atoms with Crippen LogP contribution in [0.2, 0.25) is 0 Å². The molecule has 0 bridgehead atoms. The SMILES string of the molecule is c1cnc(N2CC3CN(c4nc(N5CCOCC5)cc5ncccc45)CC3C2)nc1. The lowest BCUT2D eigenvalue weighted by molar-refractivity contribution is 0.122. The summed E-state index contributed by atoms with van der Waals surface area (Å²) in [5.41, 5.74) is 1.01. The van der Waals surface area contributed by atoms with Crippen LogP contribution in [0.5, 0.6) is 0 Å². The molecule has 0 spiro atoms. The van der Waals surface area contributed by atoms with Crippen molar-refractivity contribution in [1.29, 1.82) is 0 Å². The first kappa shape index (κ1) is 17.8. The predicted octanol–water partition coefficient (Wildman–Crippen LogP) is 1.83. The van der Waals surface area contributed by atoms with Gasteiger partial charge in [-0.25, -0.2) is 15.0 Å². The molecule has 0 aromatic carbocycles. The highest BCUT2D eigenvalue weighted by Gasteiger charge is 2.41. The van der Waals surface area contributed by atoms with Crippen LogP contribution in [0.15, 0.2) is 42.9 Å². The van der Waals surface area contributed by atoms with E-state index in [4.69, 9.17) is 9.72 Å². The molecule has 3 aliphatic rings. The van der Waals surface area contributed by atoms with Gasteiger partial charge in [0.15, 0.2) is 0 Å². The van der Waals surface area contributed by atoms with Crippen molar-refractivity contribution >= 4 is 28.5 Å². The molecule has 2 atom stereocenters. The topological polar surface area (TPSA) is 70.5 Å². The van der Waals surface area contributed by atoms with Crippen molar-refractivity contribution in [3.63, 3.8) is 0 Å². The summed E-state index contributed by atoms with van der Waals surface area (Å²) >= 11 is 0. The van der Waals surface area contributed by atoms with E-state index in [1.165, 1.54) is 0 Å². The molecular formula is C22H25N7O. The molecule has 3 aliphatic heterocycles. The van der Waals surface area contributed by atoms with E-state index >= 15 is 0 Å². The number of aromatic nitrogens is 4. The molecule has 0 N–H and O–H groups in total. The third kappa shape index (κ3) is 3.11. The molecule has 8 heteroatoms. The maximum Gasteiger partial charge on any atom is 0.225 e. The van der Waals surface area contributed by atoms with Crippen molar-refractivity contribution in [2.45, 2.75) is 0 Å². The summed E-state index contributed by atoms with van der Waals surface area (Å²) < 4.78 is 5.53. The molecule has 3 aromatic rings. The van der Waals surface area contributed by atoms with Crippen molar-refractivity contribution < 1.29 is 4.74 Å². The number of hydrogen-bond donors (Lipinski definition) is 0. The molecule has 0 amide bonds. The summed E-state index contributed by atoms with van der Waals surface area (Å²) in [5.74, 6) is 4.14. The van der Waals surface area contributed by atoms with Crippen molar-refractivity contribution in [2.24, 2.45) is 11.8 Å². The predicted molar refractivity (Wildman–Crippen MR) is 116 cm³/mol. The van der Waals surface area contributed by atoms with Gasteiger partial charge in [-0.05, 0) is 18.2 Å². The molecule has 0 saturated carbocycles. The number of fused-ring (bicyclic) bond motifs is 2. The Balaban J connectivity index is 1.28. The smallest absolute Gasteiger partial charge is 0.225 e. The lowest BCUT2D eigenvalue weighted by Crippen LogP contribution is -2.37. The van der Waals surface area contributed by atoms with Gasteiger partial charge >= 0.3 is 0 Å². The molecule has 8 nitrogen and oxygen atoms in total. The molecule has 3 fully saturated rings. The minimum Gasteiger partial charge on any atom is -0.378 e. The summed E-state index contributed by atoms with van der Waals surface area (Å²) in [4.78, 5) is 25.7. The second-order valence-corrected chi connectivity index (χ2v) is 8.35. The Morgan fingerprint density at radius 3 is 2.27 bits per heavy atom. The molecule has 154 valence electrons. The maximum atomic E-state index is 5.53. The van der Waals surface area contributed by atoms with Crippen LogP contribution in [-0.4, -0.2) is 72.4 Å². The van der Waals surface area contributed by atoms with Gasteiger partial charge in [-0.3, -0.25) is 4.98 Å². The Morgan fingerprint density at radius 2 is 1.50 bits per heavy atom. The molecule has 3 aromatic heterocycles. The molecule has 30 heavy (non-hydrogen) atoms.